The number of methoxy groups -OCH3 is 1. The molecule has 11 nitrogen and oxygen atoms in total. The van der Waals surface area contributed by atoms with Crippen LogP contribution in [0.15, 0.2) is 110 Å². The summed E-state index contributed by atoms with van der Waals surface area (Å²) in [7, 11) is 1.71. The average molecular weight is 934 g/mol. The lowest BCUT2D eigenvalue weighted by Gasteiger charge is -2.47. The summed E-state index contributed by atoms with van der Waals surface area (Å²) in [5.74, 6) is 0.454. The standard InChI is InChI=1S/C58H63NO10/c1-6-50(60)67-38-39(4)68-52(62)24-23-51(61)66-36-35-65-43-19-15-41(16-20-43)58(40-13-17-42(18-14-40)59-31-33-64-34-32-59)26-25-47-54-53(45-22-21-44(63-5)37-48(45)55(47)69-58)46-11-9-10-12-49(46)57(54)29-27-56(7-2,8-3)28-30-57/h6,9-22,25-26,37,39H,1,7-8,23-24,27-36,38H2,2-5H3. The van der Waals surface area contributed by atoms with Crippen LogP contribution < -0.4 is 19.1 Å². The summed E-state index contributed by atoms with van der Waals surface area (Å²) in [6, 6.07) is 32.2. The van der Waals surface area contributed by atoms with Crippen LogP contribution in [0.5, 0.6) is 17.2 Å². The molecule has 1 spiro atoms. The van der Waals surface area contributed by atoms with Crippen molar-refractivity contribution in [2.75, 3.05) is 58.1 Å². The third kappa shape index (κ3) is 9.21. The summed E-state index contributed by atoms with van der Waals surface area (Å²) in [6.45, 7) is 12.7. The van der Waals surface area contributed by atoms with E-state index in [4.69, 9.17) is 33.2 Å². The van der Waals surface area contributed by atoms with Gasteiger partial charge in [0.2, 0.25) is 0 Å². The van der Waals surface area contributed by atoms with Crippen LogP contribution in [0, 0.1) is 5.41 Å². The van der Waals surface area contributed by atoms with Crippen LogP contribution >= 0.6 is 0 Å². The number of hydrogen-bond acceptors (Lipinski definition) is 11. The lowest BCUT2D eigenvalue weighted by Crippen LogP contribution is -2.38. The topological polar surface area (TPSA) is 119 Å². The first kappa shape index (κ1) is 47.5. The SMILES string of the molecule is C=CC(=O)OCC(C)OC(=O)CCC(=O)OCCOc1ccc(C2(c3ccc(N4CCOCC4)cc3)C=Cc3c4c(c5ccc(OC)cc5c3O2)-c2ccccc2C42CCC(CC)(CC)CC2)cc1. The van der Waals surface area contributed by atoms with E-state index in [2.05, 4.69) is 104 Å². The van der Waals surface area contributed by atoms with Crippen LogP contribution in [0.3, 0.4) is 0 Å². The molecular weight excluding hydrogens is 871 g/mol. The van der Waals surface area contributed by atoms with Crippen molar-refractivity contribution in [3.8, 4) is 28.4 Å². The molecule has 1 saturated carbocycles. The summed E-state index contributed by atoms with van der Waals surface area (Å²) in [5.41, 5.74) is 8.81. The summed E-state index contributed by atoms with van der Waals surface area (Å²) in [5, 5.41) is 2.17. The predicted molar refractivity (Wildman–Crippen MR) is 267 cm³/mol. The molecule has 2 heterocycles. The minimum atomic E-state index is -1.02. The Kier molecular flexibility index (Phi) is 13.9. The number of benzene rings is 5. The van der Waals surface area contributed by atoms with E-state index in [1.54, 1.807) is 14.0 Å². The number of morpholine rings is 1. The molecule has 1 saturated heterocycles. The molecule has 5 aromatic carbocycles. The predicted octanol–water partition coefficient (Wildman–Crippen LogP) is 11.0. The smallest absolute Gasteiger partial charge is 0.330 e. The molecule has 360 valence electrons. The van der Waals surface area contributed by atoms with Gasteiger partial charge in [-0.25, -0.2) is 4.79 Å². The second-order valence-corrected chi connectivity index (χ2v) is 18.8. The van der Waals surface area contributed by atoms with Gasteiger partial charge in [-0.2, -0.15) is 0 Å². The molecule has 69 heavy (non-hydrogen) atoms. The Morgan fingerprint density at radius 1 is 0.797 bits per heavy atom. The Labute approximate surface area is 405 Å². The van der Waals surface area contributed by atoms with Crippen LogP contribution in [-0.4, -0.2) is 77.2 Å². The summed E-state index contributed by atoms with van der Waals surface area (Å²) in [6.07, 6.45) is 11.5. The number of ether oxygens (including phenoxy) is 7. The van der Waals surface area contributed by atoms with Crippen molar-refractivity contribution in [1.82, 2.24) is 0 Å². The Morgan fingerprint density at radius 2 is 1.48 bits per heavy atom. The van der Waals surface area contributed by atoms with E-state index in [-0.39, 0.29) is 38.1 Å². The molecule has 11 heteroatoms. The monoisotopic (exact) mass is 933 g/mol. The Bertz CT molecular complexity index is 2720. The molecule has 0 bridgehead atoms. The number of fused-ring (bicyclic) bond motifs is 10. The minimum absolute atomic E-state index is 0.00427. The van der Waals surface area contributed by atoms with E-state index in [9.17, 15) is 14.4 Å². The number of nitrogens with zero attached hydrogens (tertiary/aromatic N) is 1. The van der Waals surface area contributed by atoms with Gasteiger partial charge in [0.1, 0.15) is 43.2 Å². The van der Waals surface area contributed by atoms with Crippen LogP contribution in [-0.2, 0) is 44.3 Å². The number of carbonyl (C=O) groups is 3. The van der Waals surface area contributed by atoms with Crippen molar-refractivity contribution in [2.24, 2.45) is 5.41 Å². The van der Waals surface area contributed by atoms with E-state index in [1.807, 2.05) is 24.3 Å². The molecule has 2 fully saturated rings. The maximum Gasteiger partial charge on any atom is 0.330 e. The first-order valence-electron chi connectivity index (χ1n) is 24.5. The van der Waals surface area contributed by atoms with Crippen LogP contribution in [0.4, 0.5) is 5.69 Å². The van der Waals surface area contributed by atoms with Gasteiger partial charge in [0.15, 0.2) is 5.60 Å². The van der Waals surface area contributed by atoms with E-state index < -0.39 is 29.6 Å². The molecule has 0 N–H and O–H groups in total. The second kappa shape index (κ2) is 20.2. The largest absolute Gasteiger partial charge is 0.497 e. The highest BCUT2D eigenvalue weighted by Crippen LogP contribution is 2.64. The number of hydrogen-bond donors (Lipinski definition) is 0. The molecule has 5 aromatic rings. The molecule has 2 atom stereocenters. The molecule has 0 aromatic heterocycles. The van der Waals surface area contributed by atoms with Crippen molar-refractivity contribution in [1.29, 1.82) is 0 Å². The molecule has 2 aliphatic heterocycles. The van der Waals surface area contributed by atoms with Crippen molar-refractivity contribution in [3.05, 3.63) is 138 Å². The lowest BCUT2D eigenvalue weighted by atomic mass is 9.58. The highest BCUT2D eigenvalue weighted by molar-refractivity contribution is 6.09. The quantitative estimate of drug-likeness (QED) is 0.0384. The first-order valence-corrected chi connectivity index (χ1v) is 24.5. The molecule has 2 aliphatic carbocycles. The van der Waals surface area contributed by atoms with Gasteiger partial charge in [0, 0.05) is 52.3 Å². The molecule has 0 amide bonds. The van der Waals surface area contributed by atoms with Crippen molar-refractivity contribution >= 4 is 40.4 Å². The van der Waals surface area contributed by atoms with Gasteiger partial charge in [-0.05, 0) is 114 Å². The Balaban J connectivity index is 1.01. The number of esters is 3. The average Bonchev–Trinajstić information content (AvgIpc) is 3.68. The Hall–Kier alpha value is -6.59. The van der Waals surface area contributed by atoms with E-state index in [1.165, 1.54) is 47.9 Å². The van der Waals surface area contributed by atoms with E-state index >= 15 is 0 Å². The summed E-state index contributed by atoms with van der Waals surface area (Å²) >= 11 is 0. The number of rotatable bonds is 17. The highest BCUT2D eigenvalue weighted by Gasteiger charge is 2.51. The zero-order valence-electron chi connectivity index (χ0n) is 40.3. The fraction of sp³-hybridized carbons (Fsp3) is 0.397. The van der Waals surface area contributed by atoms with Gasteiger partial charge in [-0.1, -0.05) is 87.9 Å². The van der Waals surface area contributed by atoms with E-state index in [0.717, 1.165) is 76.7 Å². The Morgan fingerprint density at radius 3 is 2.17 bits per heavy atom. The maximum atomic E-state index is 12.5. The van der Waals surface area contributed by atoms with Crippen molar-refractivity contribution < 1.29 is 47.5 Å². The maximum absolute atomic E-state index is 12.5. The normalized spacial score (nSPS) is 18.8. The molecule has 0 radical (unpaired) electrons. The summed E-state index contributed by atoms with van der Waals surface area (Å²) < 4.78 is 40.8. The number of carbonyl (C=O) groups excluding carboxylic acids is 3. The summed E-state index contributed by atoms with van der Waals surface area (Å²) in [4.78, 5) is 38.3. The van der Waals surface area contributed by atoms with Crippen LogP contribution in [0.2, 0.25) is 0 Å². The van der Waals surface area contributed by atoms with Gasteiger partial charge in [0.25, 0.3) is 0 Å². The zero-order valence-corrected chi connectivity index (χ0v) is 40.3. The number of anilines is 1. The fourth-order valence-electron chi connectivity index (χ4n) is 11.1. The second-order valence-electron chi connectivity index (χ2n) is 18.8. The third-order valence-electron chi connectivity index (χ3n) is 15.2. The molecule has 9 rings (SSSR count). The lowest BCUT2D eigenvalue weighted by molar-refractivity contribution is -0.157. The van der Waals surface area contributed by atoms with Gasteiger partial charge < -0.3 is 38.1 Å². The van der Waals surface area contributed by atoms with E-state index in [0.29, 0.717) is 24.4 Å². The minimum Gasteiger partial charge on any atom is -0.497 e. The molecular formula is C58H63NO10. The fourth-order valence-corrected chi connectivity index (χ4v) is 11.1. The van der Waals surface area contributed by atoms with Crippen LogP contribution in [0.1, 0.15) is 100.0 Å². The van der Waals surface area contributed by atoms with Gasteiger partial charge >= 0.3 is 17.9 Å². The first-order chi connectivity index (χ1) is 33.6. The van der Waals surface area contributed by atoms with Gasteiger partial charge in [-0.3, -0.25) is 9.59 Å². The third-order valence-corrected chi connectivity index (χ3v) is 15.2. The van der Waals surface area contributed by atoms with Gasteiger partial charge in [-0.15, -0.1) is 0 Å². The van der Waals surface area contributed by atoms with Gasteiger partial charge in [0.05, 0.1) is 33.2 Å². The van der Waals surface area contributed by atoms with Crippen LogP contribution in [0.25, 0.3) is 28.0 Å². The molecule has 4 aliphatic rings. The highest BCUT2D eigenvalue weighted by atomic mass is 16.6. The molecule has 2 unspecified atom stereocenters. The van der Waals surface area contributed by atoms with Crippen molar-refractivity contribution in [2.45, 2.75) is 89.3 Å². The zero-order chi connectivity index (χ0) is 48.2. The van der Waals surface area contributed by atoms with Crippen molar-refractivity contribution in [3.63, 3.8) is 0 Å².